The number of carbonyl (C=O) groups excluding carboxylic acids is 3. The van der Waals surface area contributed by atoms with Crippen LogP contribution in [0.25, 0.3) is 0 Å². The van der Waals surface area contributed by atoms with Crippen molar-refractivity contribution in [3.05, 3.63) is 35.9 Å². The Morgan fingerprint density at radius 2 is 2.05 bits per heavy atom. The fourth-order valence-corrected chi connectivity index (χ4v) is 3.10. The number of piperazine rings is 1. The second-order valence-electron chi connectivity index (χ2n) is 5.75. The van der Waals surface area contributed by atoms with E-state index in [1.165, 1.54) is 0 Å². The monoisotopic (exact) mass is 301 g/mol. The molecule has 2 saturated heterocycles. The highest BCUT2D eigenvalue weighted by molar-refractivity contribution is 5.98. The van der Waals surface area contributed by atoms with E-state index in [9.17, 15) is 14.4 Å². The number of hydrogen-bond acceptors (Lipinski definition) is 3. The van der Waals surface area contributed by atoms with Crippen LogP contribution in [0.5, 0.6) is 0 Å². The standard InChI is InChI=1S/C16H19N3O3/c1-2-12-16(22)19-9-11(8-13(19)15(21)18-12)17-14(20)10-6-4-3-5-7-10/h3-7,11-13H,2,8-9H2,1H3,(H,17,20)(H,18,21)/t11-,12-,13-/m0/s1. The first-order chi connectivity index (χ1) is 10.6. The lowest BCUT2D eigenvalue weighted by atomic mass is 10.1. The van der Waals surface area contributed by atoms with Gasteiger partial charge in [-0.15, -0.1) is 0 Å². The Labute approximate surface area is 128 Å². The van der Waals surface area contributed by atoms with Crippen molar-refractivity contribution in [1.82, 2.24) is 15.5 Å². The van der Waals surface area contributed by atoms with Crippen LogP contribution in [0.3, 0.4) is 0 Å². The van der Waals surface area contributed by atoms with Gasteiger partial charge in [0.1, 0.15) is 12.1 Å². The van der Waals surface area contributed by atoms with Gasteiger partial charge in [-0.25, -0.2) is 0 Å². The molecule has 0 bridgehead atoms. The summed E-state index contributed by atoms with van der Waals surface area (Å²) in [6.07, 6.45) is 1.04. The molecular formula is C16H19N3O3. The number of carbonyl (C=O) groups is 3. The number of benzene rings is 1. The van der Waals surface area contributed by atoms with Crippen LogP contribution in [-0.2, 0) is 9.59 Å². The number of amides is 3. The fourth-order valence-electron chi connectivity index (χ4n) is 3.10. The lowest BCUT2D eigenvalue weighted by Gasteiger charge is -2.33. The van der Waals surface area contributed by atoms with Gasteiger partial charge in [0.05, 0.1) is 0 Å². The van der Waals surface area contributed by atoms with E-state index in [1.54, 1.807) is 29.2 Å². The van der Waals surface area contributed by atoms with E-state index in [4.69, 9.17) is 0 Å². The average molecular weight is 301 g/mol. The molecule has 2 fully saturated rings. The van der Waals surface area contributed by atoms with Gasteiger partial charge in [-0.05, 0) is 25.0 Å². The summed E-state index contributed by atoms with van der Waals surface area (Å²) in [4.78, 5) is 38.1. The summed E-state index contributed by atoms with van der Waals surface area (Å²) in [5, 5.41) is 5.66. The fraction of sp³-hybridized carbons (Fsp3) is 0.438. The molecule has 3 amide bonds. The molecule has 2 heterocycles. The van der Waals surface area contributed by atoms with Crippen molar-refractivity contribution in [2.45, 2.75) is 37.9 Å². The largest absolute Gasteiger partial charge is 0.347 e. The number of fused-ring (bicyclic) bond motifs is 1. The van der Waals surface area contributed by atoms with E-state index in [0.717, 1.165) is 0 Å². The summed E-state index contributed by atoms with van der Waals surface area (Å²) < 4.78 is 0. The zero-order chi connectivity index (χ0) is 15.7. The number of nitrogens with one attached hydrogen (secondary N) is 2. The molecule has 1 aromatic carbocycles. The first-order valence-corrected chi connectivity index (χ1v) is 7.57. The summed E-state index contributed by atoms with van der Waals surface area (Å²) in [6.45, 7) is 2.26. The maximum atomic E-state index is 12.3. The van der Waals surface area contributed by atoms with Crippen LogP contribution in [0, 0.1) is 0 Å². The summed E-state index contributed by atoms with van der Waals surface area (Å²) in [5.41, 5.74) is 0.578. The lowest BCUT2D eigenvalue weighted by molar-refractivity contribution is -0.147. The topological polar surface area (TPSA) is 78.5 Å². The van der Waals surface area contributed by atoms with Crippen LogP contribution in [0.1, 0.15) is 30.1 Å². The number of rotatable bonds is 3. The second-order valence-corrected chi connectivity index (χ2v) is 5.75. The second kappa shape index (κ2) is 5.79. The lowest BCUT2D eigenvalue weighted by Crippen LogP contribution is -2.60. The molecule has 0 aliphatic carbocycles. The van der Waals surface area contributed by atoms with Gasteiger partial charge in [0, 0.05) is 18.2 Å². The maximum absolute atomic E-state index is 12.3. The Bertz CT molecular complexity index is 602. The first-order valence-electron chi connectivity index (χ1n) is 7.57. The highest BCUT2D eigenvalue weighted by atomic mass is 16.2. The third kappa shape index (κ3) is 2.56. The molecule has 2 aliphatic rings. The Morgan fingerprint density at radius 1 is 1.32 bits per heavy atom. The van der Waals surface area contributed by atoms with Gasteiger partial charge >= 0.3 is 0 Å². The molecule has 0 aromatic heterocycles. The van der Waals surface area contributed by atoms with Crippen molar-refractivity contribution in [3.8, 4) is 0 Å². The predicted octanol–water partition coefficient (Wildman–Crippen LogP) is 0.294. The third-order valence-electron chi connectivity index (χ3n) is 4.28. The van der Waals surface area contributed by atoms with Crippen LogP contribution < -0.4 is 10.6 Å². The van der Waals surface area contributed by atoms with Crippen molar-refractivity contribution in [2.24, 2.45) is 0 Å². The maximum Gasteiger partial charge on any atom is 0.251 e. The van der Waals surface area contributed by atoms with Crippen LogP contribution >= 0.6 is 0 Å². The van der Waals surface area contributed by atoms with Gasteiger partial charge in [-0.2, -0.15) is 0 Å². The van der Waals surface area contributed by atoms with Crippen molar-refractivity contribution >= 4 is 17.7 Å². The minimum atomic E-state index is -0.462. The van der Waals surface area contributed by atoms with E-state index in [2.05, 4.69) is 10.6 Å². The van der Waals surface area contributed by atoms with Gasteiger partial charge in [-0.3, -0.25) is 14.4 Å². The molecule has 22 heavy (non-hydrogen) atoms. The van der Waals surface area contributed by atoms with Crippen LogP contribution in [0.15, 0.2) is 30.3 Å². The van der Waals surface area contributed by atoms with Gasteiger partial charge in [0.2, 0.25) is 11.8 Å². The normalized spacial score (nSPS) is 27.3. The molecule has 6 heteroatoms. The Morgan fingerprint density at radius 3 is 2.73 bits per heavy atom. The van der Waals surface area contributed by atoms with Gasteiger partial charge < -0.3 is 15.5 Å². The van der Waals surface area contributed by atoms with Crippen molar-refractivity contribution in [3.63, 3.8) is 0 Å². The van der Waals surface area contributed by atoms with E-state index >= 15 is 0 Å². The molecule has 0 spiro atoms. The quantitative estimate of drug-likeness (QED) is 0.842. The molecule has 2 aliphatic heterocycles. The predicted molar refractivity (Wildman–Crippen MR) is 80.0 cm³/mol. The summed E-state index contributed by atoms with van der Waals surface area (Å²) in [6, 6.07) is 7.84. The molecule has 3 atom stereocenters. The molecule has 116 valence electrons. The summed E-state index contributed by atoms with van der Waals surface area (Å²) >= 11 is 0. The Balaban J connectivity index is 1.68. The molecule has 0 saturated carbocycles. The van der Waals surface area contributed by atoms with Crippen molar-refractivity contribution < 1.29 is 14.4 Å². The van der Waals surface area contributed by atoms with Crippen LogP contribution in [-0.4, -0.2) is 47.3 Å². The molecular weight excluding hydrogens is 282 g/mol. The highest BCUT2D eigenvalue weighted by Gasteiger charge is 2.46. The smallest absolute Gasteiger partial charge is 0.251 e. The zero-order valence-electron chi connectivity index (χ0n) is 12.4. The van der Waals surface area contributed by atoms with Gasteiger partial charge in [0.25, 0.3) is 5.91 Å². The molecule has 2 N–H and O–H groups in total. The van der Waals surface area contributed by atoms with Crippen LogP contribution in [0.2, 0.25) is 0 Å². The van der Waals surface area contributed by atoms with E-state index < -0.39 is 12.1 Å². The summed E-state index contributed by atoms with van der Waals surface area (Å²) in [5.74, 6) is -0.350. The minimum Gasteiger partial charge on any atom is -0.347 e. The Hall–Kier alpha value is -2.37. The van der Waals surface area contributed by atoms with Gasteiger partial charge in [0.15, 0.2) is 0 Å². The van der Waals surface area contributed by atoms with Gasteiger partial charge in [-0.1, -0.05) is 25.1 Å². The molecule has 0 unspecified atom stereocenters. The minimum absolute atomic E-state index is 0.0523. The number of nitrogens with zero attached hydrogens (tertiary/aromatic N) is 1. The van der Waals surface area contributed by atoms with Crippen LogP contribution in [0.4, 0.5) is 0 Å². The molecule has 0 radical (unpaired) electrons. The molecule has 1 aromatic rings. The number of hydrogen-bond donors (Lipinski definition) is 2. The van der Waals surface area contributed by atoms with Crippen molar-refractivity contribution in [1.29, 1.82) is 0 Å². The van der Waals surface area contributed by atoms with E-state index in [0.29, 0.717) is 24.9 Å². The molecule has 3 rings (SSSR count). The SMILES string of the molecule is CC[C@@H]1NC(=O)[C@@H]2C[C@H](NC(=O)c3ccccc3)CN2C1=O. The van der Waals surface area contributed by atoms with E-state index in [-0.39, 0.29) is 23.8 Å². The van der Waals surface area contributed by atoms with Crippen molar-refractivity contribution in [2.75, 3.05) is 6.54 Å². The zero-order valence-corrected chi connectivity index (χ0v) is 12.4. The Kier molecular flexibility index (Phi) is 3.83. The first kappa shape index (κ1) is 14.6. The molecule has 6 nitrogen and oxygen atoms in total. The summed E-state index contributed by atoms with van der Waals surface area (Å²) in [7, 11) is 0. The third-order valence-corrected chi connectivity index (χ3v) is 4.28. The van der Waals surface area contributed by atoms with E-state index in [1.807, 2.05) is 13.0 Å². The average Bonchev–Trinajstić information content (AvgIpc) is 2.96. The highest BCUT2D eigenvalue weighted by Crippen LogP contribution is 2.23.